The van der Waals surface area contributed by atoms with Crippen molar-refractivity contribution in [2.75, 3.05) is 0 Å². The summed E-state index contributed by atoms with van der Waals surface area (Å²) in [5.74, 6) is 0.0592. The lowest BCUT2D eigenvalue weighted by Gasteiger charge is -2.35. The fraction of sp³-hybridized carbons (Fsp3) is 0.0333. The molecule has 0 heteroatoms. The molecule has 0 nitrogen and oxygen atoms in total. The maximum Gasteiger partial charge on any atom is 0.0719 e. The topological polar surface area (TPSA) is 0 Å². The zero-order valence-corrected chi connectivity index (χ0v) is 33.1. The Balaban J connectivity index is 1.10. The van der Waals surface area contributed by atoms with E-state index >= 15 is 0 Å². The highest BCUT2D eigenvalue weighted by Crippen LogP contribution is 2.65. The highest BCUT2D eigenvalue weighted by atomic mass is 14.5. The van der Waals surface area contributed by atoms with Crippen molar-refractivity contribution in [3.8, 4) is 55.6 Å². The van der Waals surface area contributed by atoms with E-state index in [-0.39, 0.29) is 5.92 Å². The van der Waals surface area contributed by atoms with E-state index in [0.717, 1.165) is 0 Å². The maximum atomic E-state index is 2.39. The monoisotopic (exact) mass is 760 g/mol. The van der Waals surface area contributed by atoms with E-state index in [1.807, 2.05) is 0 Å². The summed E-state index contributed by atoms with van der Waals surface area (Å²) in [7, 11) is 0. The zero-order valence-electron chi connectivity index (χ0n) is 33.1. The van der Waals surface area contributed by atoms with E-state index in [9.17, 15) is 0 Å². The molecule has 0 bridgehead atoms. The number of fused-ring (bicyclic) bond motifs is 10. The largest absolute Gasteiger partial charge is 0.0719 e. The third-order valence-corrected chi connectivity index (χ3v) is 13.2. The smallest absolute Gasteiger partial charge is 0.0622 e. The van der Waals surface area contributed by atoms with Crippen molar-refractivity contribution >= 4 is 10.8 Å². The Morgan fingerprint density at radius 1 is 0.317 bits per heavy atom. The summed E-state index contributed by atoms with van der Waals surface area (Å²) in [4.78, 5) is 0. The second kappa shape index (κ2) is 13.8. The second-order valence-electron chi connectivity index (χ2n) is 16.3. The van der Waals surface area contributed by atoms with Crippen molar-refractivity contribution in [3.63, 3.8) is 0 Å². The van der Waals surface area contributed by atoms with Gasteiger partial charge < -0.3 is 0 Å². The van der Waals surface area contributed by atoms with Gasteiger partial charge in [0.1, 0.15) is 0 Å². The molecule has 0 heterocycles. The van der Waals surface area contributed by atoms with E-state index in [0.29, 0.717) is 0 Å². The Labute approximate surface area is 351 Å². The highest BCUT2D eigenvalue weighted by Gasteiger charge is 2.51. The first-order valence-corrected chi connectivity index (χ1v) is 21.0. The molecule has 60 heavy (non-hydrogen) atoms. The molecule has 10 aromatic rings. The van der Waals surface area contributed by atoms with E-state index in [1.54, 1.807) is 0 Å². The molecule has 0 saturated heterocycles. The molecule has 0 spiro atoms. The van der Waals surface area contributed by atoms with Crippen LogP contribution in [0.4, 0.5) is 0 Å². The number of hydrogen-bond donors (Lipinski definition) is 0. The Morgan fingerprint density at radius 3 is 1.35 bits per heavy atom. The molecule has 10 aromatic carbocycles. The fourth-order valence-electron chi connectivity index (χ4n) is 10.7. The van der Waals surface area contributed by atoms with Crippen LogP contribution in [0.5, 0.6) is 0 Å². The van der Waals surface area contributed by atoms with Crippen LogP contribution in [0.1, 0.15) is 44.9 Å². The summed E-state index contributed by atoms with van der Waals surface area (Å²) in [6.07, 6.45) is 0. The molecule has 12 rings (SSSR count). The van der Waals surface area contributed by atoms with Crippen LogP contribution < -0.4 is 0 Å². The SMILES string of the molecule is c1ccc(-c2cc(-c3ccccc3)cc(-c3ccc(C4c5ccccc5-c5c6c(c7ccccc7c54)-c4ccccc4C6(c4ccccc4)c4ccccc4)cc3)c2)cc1. The van der Waals surface area contributed by atoms with Crippen LogP contribution in [0.15, 0.2) is 237 Å². The average Bonchev–Trinajstić information content (AvgIpc) is 3.84. The lowest BCUT2D eigenvalue weighted by molar-refractivity contribution is 0.770. The lowest BCUT2D eigenvalue weighted by atomic mass is 9.65. The van der Waals surface area contributed by atoms with Gasteiger partial charge in [-0.1, -0.05) is 218 Å². The Kier molecular flexibility index (Phi) is 7.93. The minimum absolute atomic E-state index is 0.0592. The van der Waals surface area contributed by atoms with Crippen LogP contribution in [0.3, 0.4) is 0 Å². The predicted molar refractivity (Wildman–Crippen MR) is 250 cm³/mol. The van der Waals surface area contributed by atoms with Gasteiger partial charge in [-0.05, 0) is 124 Å². The van der Waals surface area contributed by atoms with E-state index < -0.39 is 5.41 Å². The molecule has 0 aromatic heterocycles. The van der Waals surface area contributed by atoms with Gasteiger partial charge in [0.15, 0.2) is 0 Å². The van der Waals surface area contributed by atoms with Gasteiger partial charge in [0.2, 0.25) is 0 Å². The normalized spacial score (nSPS) is 14.3. The molecule has 0 amide bonds. The number of rotatable bonds is 6. The van der Waals surface area contributed by atoms with E-state index in [2.05, 4.69) is 237 Å². The predicted octanol–water partition coefficient (Wildman–Crippen LogP) is 15.4. The summed E-state index contributed by atoms with van der Waals surface area (Å²) in [6.45, 7) is 0. The number of hydrogen-bond acceptors (Lipinski definition) is 0. The quantitative estimate of drug-likeness (QED) is 0.158. The van der Waals surface area contributed by atoms with Crippen LogP contribution in [0.25, 0.3) is 66.4 Å². The molecular formula is C60H40. The molecule has 0 fully saturated rings. The third-order valence-electron chi connectivity index (χ3n) is 13.2. The minimum Gasteiger partial charge on any atom is -0.0622 e. The van der Waals surface area contributed by atoms with Gasteiger partial charge in [0.05, 0.1) is 5.41 Å². The van der Waals surface area contributed by atoms with Crippen molar-refractivity contribution < 1.29 is 0 Å². The lowest BCUT2D eigenvalue weighted by Crippen LogP contribution is -2.29. The zero-order chi connectivity index (χ0) is 39.6. The molecule has 280 valence electrons. The molecule has 1 unspecified atom stereocenters. The average molecular weight is 761 g/mol. The molecule has 0 aliphatic heterocycles. The summed E-state index contributed by atoms with van der Waals surface area (Å²) in [5, 5.41) is 2.64. The maximum absolute atomic E-state index is 2.39. The summed E-state index contributed by atoms with van der Waals surface area (Å²) >= 11 is 0. The standard InChI is InChI=1S/C60H40/c1-5-19-40(20-6-1)44-37-45(41-21-7-2-8-22-41)39-46(38-44)42-33-35-43(36-34-42)55-49-27-13-16-30-52(49)58-57(55)51-29-15-14-28-50(51)56-53-31-17-18-32-54(53)60(59(56)58,47-23-9-3-10-24-47)48-25-11-4-12-26-48/h1-39,55H. The van der Waals surface area contributed by atoms with Crippen LogP contribution in [-0.2, 0) is 5.41 Å². The summed E-state index contributed by atoms with van der Waals surface area (Å²) in [5.41, 5.74) is 21.5. The van der Waals surface area contributed by atoms with Crippen molar-refractivity contribution in [1.82, 2.24) is 0 Å². The van der Waals surface area contributed by atoms with Gasteiger partial charge in [-0.15, -0.1) is 0 Å². The van der Waals surface area contributed by atoms with Crippen LogP contribution in [0.2, 0.25) is 0 Å². The molecule has 2 aliphatic carbocycles. The van der Waals surface area contributed by atoms with Gasteiger partial charge in [-0.2, -0.15) is 0 Å². The first kappa shape index (κ1) is 34.5. The van der Waals surface area contributed by atoms with Crippen molar-refractivity contribution in [3.05, 3.63) is 276 Å². The molecule has 0 saturated carbocycles. The van der Waals surface area contributed by atoms with Crippen LogP contribution in [0, 0.1) is 0 Å². The second-order valence-corrected chi connectivity index (χ2v) is 16.3. The first-order chi connectivity index (χ1) is 29.8. The summed E-state index contributed by atoms with van der Waals surface area (Å²) in [6, 6.07) is 88.0. The molecule has 0 N–H and O–H groups in total. The van der Waals surface area contributed by atoms with Crippen LogP contribution in [-0.4, -0.2) is 0 Å². The Hall–Kier alpha value is -7.54. The highest BCUT2D eigenvalue weighted by molar-refractivity contribution is 6.12. The molecule has 2 aliphatic rings. The number of benzene rings is 10. The van der Waals surface area contributed by atoms with Crippen molar-refractivity contribution in [2.24, 2.45) is 0 Å². The third kappa shape index (κ3) is 5.11. The van der Waals surface area contributed by atoms with Crippen molar-refractivity contribution in [2.45, 2.75) is 11.3 Å². The summed E-state index contributed by atoms with van der Waals surface area (Å²) < 4.78 is 0. The van der Waals surface area contributed by atoms with Crippen molar-refractivity contribution in [1.29, 1.82) is 0 Å². The van der Waals surface area contributed by atoms with Gasteiger partial charge >= 0.3 is 0 Å². The Morgan fingerprint density at radius 2 is 0.767 bits per heavy atom. The molecule has 0 radical (unpaired) electrons. The van der Waals surface area contributed by atoms with Gasteiger partial charge in [0.25, 0.3) is 0 Å². The molecule has 1 atom stereocenters. The fourth-order valence-corrected chi connectivity index (χ4v) is 10.7. The van der Waals surface area contributed by atoms with Gasteiger partial charge in [0, 0.05) is 5.92 Å². The van der Waals surface area contributed by atoms with Gasteiger partial charge in [-0.25, -0.2) is 0 Å². The first-order valence-electron chi connectivity index (χ1n) is 21.0. The van der Waals surface area contributed by atoms with E-state index in [4.69, 9.17) is 0 Å². The minimum atomic E-state index is -0.519. The Bertz CT molecular complexity index is 3120. The molecular weight excluding hydrogens is 721 g/mol. The van der Waals surface area contributed by atoms with Gasteiger partial charge in [-0.3, -0.25) is 0 Å². The van der Waals surface area contributed by atoms with E-state index in [1.165, 1.54) is 105 Å². The van der Waals surface area contributed by atoms with Crippen LogP contribution >= 0.6 is 0 Å².